The maximum atomic E-state index is 5.43. The maximum Gasteiger partial charge on any atom is 0.218 e. The van der Waals surface area contributed by atoms with Gasteiger partial charge in [-0.2, -0.15) is 0 Å². The molecule has 0 amide bonds. The third-order valence-electron chi connectivity index (χ3n) is 3.45. The van der Waals surface area contributed by atoms with Crippen molar-refractivity contribution >= 4 is 10.9 Å². The molecule has 2 aromatic rings. The van der Waals surface area contributed by atoms with Crippen molar-refractivity contribution in [3.63, 3.8) is 0 Å². The van der Waals surface area contributed by atoms with E-state index in [-0.39, 0.29) is 0 Å². The van der Waals surface area contributed by atoms with Gasteiger partial charge >= 0.3 is 0 Å². The number of hydrogen-bond donors (Lipinski definition) is 0. The van der Waals surface area contributed by atoms with Gasteiger partial charge in [-0.05, 0) is 12.1 Å². The van der Waals surface area contributed by atoms with Crippen LogP contribution >= 0.6 is 0 Å². The van der Waals surface area contributed by atoms with Gasteiger partial charge in [0, 0.05) is 30.6 Å². The Balaban J connectivity index is 1.91. The summed E-state index contributed by atoms with van der Waals surface area (Å²) in [6, 6.07) is 10.3. The van der Waals surface area contributed by atoms with E-state index in [1.807, 2.05) is 18.2 Å². The first-order chi connectivity index (χ1) is 9.36. The van der Waals surface area contributed by atoms with Crippen LogP contribution in [0.15, 0.2) is 30.3 Å². The summed E-state index contributed by atoms with van der Waals surface area (Å²) in [6.45, 7) is 4.42. The number of fused-ring (bicyclic) bond motifs is 1. The number of nitrogens with zero attached hydrogens (tertiary/aromatic N) is 2. The number of benzene rings is 1. The van der Waals surface area contributed by atoms with Crippen LogP contribution in [0.4, 0.5) is 0 Å². The monoisotopic (exact) mass is 258 g/mol. The molecule has 1 saturated heterocycles. The van der Waals surface area contributed by atoms with Crippen LogP contribution in [-0.4, -0.2) is 43.3 Å². The minimum atomic E-state index is 0.727. The smallest absolute Gasteiger partial charge is 0.218 e. The van der Waals surface area contributed by atoms with E-state index >= 15 is 0 Å². The van der Waals surface area contributed by atoms with E-state index in [4.69, 9.17) is 9.47 Å². The van der Waals surface area contributed by atoms with Crippen molar-refractivity contribution in [2.24, 2.45) is 0 Å². The molecule has 0 aliphatic carbocycles. The molecule has 0 spiro atoms. The summed E-state index contributed by atoms with van der Waals surface area (Å²) >= 11 is 0. The standard InChI is InChI=1S/C15H18N2O2/c1-18-15-13(11-17-6-8-19-9-7-17)10-12-4-2-3-5-14(12)16-15/h2-5,10H,6-9,11H2,1H3. The minimum absolute atomic E-state index is 0.727. The highest BCUT2D eigenvalue weighted by atomic mass is 16.5. The molecule has 100 valence electrons. The number of rotatable bonds is 3. The Hall–Kier alpha value is -1.65. The lowest BCUT2D eigenvalue weighted by atomic mass is 10.1. The van der Waals surface area contributed by atoms with Crippen LogP contribution in [0.2, 0.25) is 0 Å². The fourth-order valence-corrected chi connectivity index (χ4v) is 2.43. The van der Waals surface area contributed by atoms with Gasteiger partial charge in [0.05, 0.1) is 25.8 Å². The minimum Gasteiger partial charge on any atom is -0.481 e. The van der Waals surface area contributed by atoms with Crippen LogP contribution in [0.3, 0.4) is 0 Å². The third kappa shape index (κ3) is 2.69. The fourth-order valence-electron chi connectivity index (χ4n) is 2.43. The number of aromatic nitrogens is 1. The molecule has 0 atom stereocenters. The summed E-state index contributed by atoms with van der Waals surface area (Å²) in [5.74, 6) is 0.727. The van der Waals surface area contributed by atoms with Crippen LogP contribution in [-0.2, 0) is 11.3 Å². The highest BCUT2D eigenvalue weighted by Gasteiger charge is 2.14. The molecule has 1 aliphatic rings. The lowest BCUT2D eigenvalue weighted by molar-refractivity contribution is 0.0338. The molecule has 1 fully saturated rings. The molecular formula is C15H18N2O2. The molecule has 2 heterocycles. The zero-order chi connectivity index (χ0) is 13.1. The van der Waals surface area contributed by atoms with Crippen LogP contribution in [0, 0.1) is 0 Å². The van der Waals surface area contributed by atoms with E-state index < -0.39 is 0 Å². The van der Waals surface area contributed by atoms with Gasteiger partial charge in [-0.25, -0.2) is 4.98 Å². The summed E-state index contributed by atoms with van der Waals surface area (Å²) in [6.07, 6.45) is 0. The Morgan fingerprint density at radius 1 is 1.26 bits per heavy atom. The first-order valence-electron chi connectivity index (χ1n) is 6.59. The number of hydrogen-bond acceptors (Lipinski definition) is 4. The maximum absolute atomic E-state index is 5.43. The summed E-state index contributed by atoms with van der Waals surface area (Å²) in [5, 5.41) is 1.16. The topological polar surface area (TPSA) is 34.6 Å². The second-order valence-corrected chi connectivity index (χ2v) is 4.74. The number of morpholine rings is 1. The molecule has 1 aromatic carbocycles. The quantitative estimate of drug-likeness (QED) is 0.844. The van der Waals surface area contributed by atoms with Crippen LogP contribution in [0.25, 0.3) is 10.9 Å². The Bertz CT molecular complexity index is 565. The number of ether oxygens (including phenoxy) is 2. The molecular weight excluding hydrogens is 240 g/mol. The first-order valence-corrected chi connectivity index (χ1v) is 6.59. The lowest BCUT2D eigenvalue weighted by Gasteiger charge is -2.27. The van der Waals surface area contributed by atoms with E-state index in [0.29, 0.717) is 0 Å². The van der Waals surface area contributed by atoms with Crippen molar-refractivity contribution in [1.82, 2.24) is 9.88 Å². The van der Waals surface area contributed by atoms with Crippen LogP contribution in [0.5, 0.6) is 5.88 Å². The number of para-hydroxylation sites is 1. The van der Waals surface area contributed by atoms with E-state index in [2.05, 4.69) is 22.0 Å². The average Bonchev–Trinajstić information content (AvgIpc) is 2.47. The van der Waals surface area contributed by atoms with Crippen molar-refractivity contribution in [2.45, 2.75) is 6.54 Å². The van der Waals surface area contributed by atoms with Gasteiger partial charge in [0.25, 0.3) is 0 Å². The molecule has 0 radical (unpaired) electrons. The summed E-state index contributed by atoms with van der Waals surface area (Å²) < 4.78 is 10.8. The molecule has 4 nitrogen and oxygen atoms in total. The first kappa shape index (κ1) is 12.4. The summed E-state index contributed by atoms with van der Waals surface area (Å²) in [5.41, 5.74) is 2.12. The molecule has 3 rings (SSSR count). The van der Waals surface area contributed by atoms with Gasteiger partial charge in [-0.3, -0.25) is 4.90 Å². The Kier molecular flexibility index (Phi) is 3.62. The Morgan fingerprint density at radius 3 is 2.84 bits per heavy atom. The number of methoxy groups -OCH3 is 1. The molecule has 1 aliphatic heterocycles. The van der Waals surface area contributed by atoms with Gasteiger partial charge in [0.2, 0.25) is 5.88 Å². The Morgan fingerprint density at radius 2 is 2.05 bits per heavy atom. The zero-order valence-corrected chi connectivity index (χ0v) is 11.1. The van der Waals surface area contributed by atoms with Crippen molar-refractivity contribution in [3.05, 3.63) is 35.9 Å². The van der Waals surface area contributed by atoms with Gasteiger partial charge in [-0.1, -0.05) is 18.2 Å². The third-order valence-corrected chi connectivity index (χ3v) is 3.45. The molecule has 19 heavy (non-hydrogen) atoms. The van der Waals surface area contributed by atoms with Crippen LogP contribution in [0.1, 0.15) is 5.56 Å². The SMILES string of the molecule is COc1nc2ccccc2cc1CN1CCOCC1. The largest absolute Gasteiger partial charge is 0.481 e. The van der Waals surface area contributed by atoms with E-state index in [0.717, 1.165) is 55.2 Å². The van der Waals surface area contributed by atoms with Crippen molar-refractivity contribution in [2.75, 3.05) is 33.4 Å². The second kappa shape index (κ2) is 5.55. The van der Waals surface area contributed by atoms with Gasteiger partial charge in [0.1, 0.15) is 0 Å². The van der Waals surface area contributed by atoms with Crippen molar-refractivity contribution in [1.29, 1.82) is 0 Å². The van der Waals surface area contributed by atoms with E-state index in [1.165, 1.54) is 0 Å². The summed E-state index contributed by atoms with van der Waals surface area (Å²) in [7, 11) is 1.68. The predicted octanol–water partition coefficient (Wildman–Crippen LogP) is 2.08. The fraction of sp³-hybridized carbons (Fsp3) is 0.400. The van der Waals surface area contributed by atoms with Crippen molar-refractivity contribution in [3.8, 4) is 5.88 Å². The number of pyridine rings is 1. The highest BCUT2D eigenvalue weighted by molar-refractivity contribution is 5.80. The summed E-state index contributed by atoms with van der Waals surface area (Å²) in [4.78, 5) is 6.95. The normalized spacial score (nSPS) is 16.7. The molecule has 0 unspecified atom stereocenters. The molecule has 0 saturated carbocycles. The van der Waals surface area contributed by atoms with E-state index in [1.54, 1.807) is 7.11 Å². The van der Waals surface area contributed by atoms with Gasteiger partial charge in [-0.15, -0.1) is 0 Å². The van der Waals surface area contributed by atoms with Crippen LogP contribution < -0.4 is 4.74 Å². The highest BCUT2D eigenvalue weighted by Crippen LogP contribution is 2.23. The van der Waals surface area contributed by atoms with Crippen molar-refractivity contribution < 1.29 is 9.47 Å². The lowest BCUT2D eigenvalue weighted by Crippen LogP contribution is -2.35. The Labute approximate surface area is 113 Å². The molecule has 0 bridgehead atoms. The van der Waals surface area contributed by atoms with E-state index in [9.17, 15) is 0 Å². The second-order valence-electron chi connectivity index (χ2n) is 4.74. The van der Waals surface area contributed by atoms with Gasteiger partial charge in [0.15, 0.2) is 0 Å². The molecule has 4 heteroatoms. The van der Waals surface area contributed by atoms with Gasteiger partial charge < -0.3 is 9.47 Å². The molecule has 0 N–H and O–H groups in total. The molecule has 1 aromatic heterocycles. The average molecular weight is 258 g/mol. The zero-order valence-electron chi connectivity index (χ0n) is 11.1. The predicted molar refractivity (Wildman–Crippen MR) is 74.4 cm³/mol.